The number of fused-ring (bicyclic) bond motifs is 2. The van der Waals surface area contributed by atoms with Crippen LogP contribution in [0.2, 0.25) is 0 Å². The van der Waals surface area contributed by atoms with Gasteiger partial charge in [0.05, 0.1) is 18.0 Å². The summed E-state index contributed by atoms with van der Waals surface area (Å²) in [6.07, 6.45) is 1.83. The molecule has 0 aliphatic carbocycles. The van der Waals surface area contributed by atoms with E-state index in [9.17, 15) is 13.2 Å². The number of aromatic nitrogens is 3. The summed E-state index contributed by atoms with van der Waals surface area (Å²) in [4.78, 5) is 7.96. The number of pyridine rings is 2. The number of nitrogens with one attached hydrogen (secondary N) is 1. The van der Waals surface area contributed by atoms with Crippen molar-refractivity contribution >= 4 is 17.2 Å². The van der Waals surface area contributed by atoms with E-state index in [2.05, 4.69) is 15.3 Å². The van der Waals surface area contributed by atoms with E-state index in [4.69, 9.17) is 14.2 Å². The van der Waals surface area contributed by atoms with Gasteiger partial charge in [-0.3, -0.25) is 4.98 Å². The number of alkyl halides is 1. The fourth-order valence-electron chi connectivity index (χ4n) is 3.50. The van der Waals surface area contributed by atoms with Gasteiger partial charge in [-0.25, -0.2) is 22.6 Å². The number of imidazole rings is 1. The van der Waals surface area contributed by atoms with E-state index in [0.29, 0.717) is 36.0 Å². The summed E-state index contributed by atoms with van der Waals surface area (Å²) in [5.74, 6) is -0.121. The fraction of sp³-hybridized carbons (Fsp3) is 0.182. The van der Waals surface area contributed by atoms with Gasteiger partial charge in [-0.1, -0.05) is 6.07 Å². The Morgan fingerprint density at radius 3 is 2.59 bits per heavy atom. The van der Waals surface area contributed by atoms with E-state index >= 15 is 0 Å². The van der Waals surface area contributed by atoms with Gasteiger partial charge in [0, 0.05) is 11.8 Å². The molecule has 0 spiro atoms. The summed E-state index contributed by atoms with van der Waals surface area (Å²) in [6, 6.07) is 10.1. The van der Waals surface area contributed by atoms with Gasteiger partial charge in [0.1, 0.15) is 43.7 Å². The fourth-order valence-corrected chi connectivity index (χ4v) is 3.50. The summed E-state index contributed by atoms with van der Waals surface area (Å²) in [5.41, 5.74) is 0.577. The molecule has 164 valence electrons. The molecular weight excluding hydrogens is 425 g/mol. The number of ether oxygens (including phenoxy) is 3. The molecule has 7 nitrogen and oxygen atoms in total. The molecule has 1 aromatic carbocycles. The Morgan fingerprint density at radius 2 is 1.81 bits per heavy atom. The number of anilines is 2. The molecule has 0 saturated carbocycles. The van der Waals surface area contributed by atoms with E-state index in [1.54, 1.807) is 36.4 Å². The maximum atomic E-state index is 14.6. The monoisotopic (exact) mass is 442 g/mol. The van der Waals surface area contributed by atoms with Crippen LogP contribution in [0.1, 0.15) is 0 Å². The third-order valence-electron chi connectivity index (χ3n) is 4.83. The predicted octanol–water partition coefficient (Wildman–Crippen LogP) is 4.54. The lowest BCUT2D eigenvalue weighted by Gasteiger charge is -2.19. The second-order valence-electron chi connectivity index (χ2n) is 6.87. The first-order valence-electron chi connectivity index (χ1n) is 9.82. The van der Waals surface area contributed by atoms with Gasteiger partial charge in [0.25, 0.3) is 0 Å². The van der Waals surface area contributed by atoms with Gasteiger partial charge < -0.3 is 19.5 Å². The van der Waals surface area contributed by atoms with E-state index in [0.717, 1.165) is 12.4 Å². The lowest BCUT2D eigenvalue weighted by atomic mass is 10.1. The molecule has 32 heavy (non-hydrogen) atoms. The average molecular weight is 442 g/mol. The third-order valence-corrected chi connectivity index (χ3v) is 4.83. The van der Waals surface area contributed by atoms with Crippen molar-refractivity contribution < 1.29 is 27.4 Å². The van der Waals surface area contributed by atoms with Crippen LogP contribution in [0.5, 0.6) is 17.4 Å². The maximum Gasteiger partial charge on any atom is 0.201 e. The Balaban J connectivity index is 1.69. The van der Waals surface area contributed by atoms with Gasteiger partial charge in [-0.2, -0.15) is 0 Å². The lowest BCUT2D eigenvalue weighted by molar-refractivity contribution is 0.171. The van der Waals surface area contributed by atoms with Crippen LogP contribution in [0.15, 0.2) is 48.8 Å². The lowest BCUT2D eigenvalue weighted by Crippen LogP contribution is -2.15. The van der Waals surface area contributed by atoms with Crippen molar-refractivity contribution in [1.82, 2.24) is 14.4 Å². The van der Waals surface area contributed by atoms with Crippen molar-refractivity contribution in [3.8, 4) is 28.6 Å². The third kappa shape index (κ3) is 3.53. The molecule has 10 heteroatoms. The largest absolute Gasteiger partial charge is 0.486 e. The zero-order chi connectivity index (χ0) is 22.1. The van der Waals surface area contributed by atoms with Crippen LogP contribution in [0.25, 0.3) is 16.9 Å². The van der Waals surface area contributed by atoms with Gasteiger partial charge in [-0.05, 0) is 24.3 Å². The van der Waals surface area contributed by atoms with Crippen molar-refractivity contribution in [2.45, 2.75) is 0 Å². The molecule has 0 amide bonds. The molecule has 5 rings (SSSR count). The van der Waals surface area contributed by atoms with Gasteiger partial charge >= 0.3 is 0 Å². The number of nitrogens with zero attached hydrogens (tertiary/aromatic N) is 3. The second kappa shape index (κ2) is 8.29. The van der Waals surface area contributed by atoms with Crippen molar-refractivity contribution in [2.24, 2.45) is 0 Å². The smallest absolute Gasteiger partial charge is 0.201 e. The molecule has 4 aromatic rings. The maximum absolute atomic E-state index is 14.6. The number of halogens is 3. The molecule has 0 unspecified atom stereocenters. The highest BCUT2D eigenvalue weighted by molar-refractivity contribution is 5.81. The molecule has 0 saturated heterocycles. The number of hydrogen-bond donors (Lipinski definition) is 1. The Morgan fingerprint density at radius 1 is 1.03 bits per heavy atom. The van der Waals surface area contributed by atoms with Crippen molar-refractivity contribution in [2.75, 3.05) is 31.8 Å². The second-order valence-corrected chi connectivity index (χ2v) is 6.87. The van der Waals surface area contributed by atoms with Crippen LogP contribution in [0.3, 0.4) is 0 Å². The highest BCUT2D eigenvalue weighted by atomic mass is 19.1. The first kappa shape index (κ1) is 20.0. The summed E-state index contributed by atoms with van der Waals surface area (Å²) in [7, 11) is 0. The minimum atomic E-state index is -0.871. The molecule has 0 atom stereocenters. The molecule has 1 aliphatic heterocycles. The van der Waals surface area contributed by atoms with Crippen molar-refractivity contribution in [3.63, 3.8) is 0 Å². The molecule has 4 heterocycles. The minimum Gasteiger partial charge on any atom is -0.486 e. The van der Waals surface area contributed by atoms with Crippen LogP contribution >= 0.6 is 0 Å². The topological polar surface area (TPSA) is 69.9 Å². The molecule has 1 aliphatic rings. The molecule has 0 radical (unpaired) electrons. The molecule has 1 N–H and O–H groups in total. The molecular formula is C22H17F3N4O3. The van der Waals surface area contributed by atoms with Crippen LogP contribution in [0, 0.1) is 11.6 Å². The van der Waals surface area contributed by atoms with Crippen LogP contribution in [-0.4, -0.2) is 40.9 Å². The van der Waals surface area contributed by atoms with E-state index in [1.165, 1.54) is 4.40 Å². The summed E-state index contributed by atoms with van der Waals surface area (Å²) in [5, 5.41) is 3.15. The predicted molar refractivity (Wildman–Crippen MR) is 111 cm³/mol. The van der Waals surface area contributed by atoms with Crippen LogP contribution in [-0.2, 0) is 0 Å². The Bertz CT molecular complexity index is 1270. The Hall–Kier alpha value is -3.95. The minimum absolute atomic E-state index is 0.00795. The highest BCUT2D eigenvalue weighted by Gasteiger charge is 2.23. The molecule has 0 fully saturated rings. The highest BCUT2D eigenvalue weighted by Crippen LogP contribution is 2.38. The van der Waals surface area contributed by atoms with E-state index in [-0.39, 0.29) is 29.6 Å². The zero-order valence-corrected chi connectivity index (χ0v) is 16.6. The zero-order valence-electron chi connectivity index (χ0n) is 16.6. The summed E-state index contributed by atoms with van der Waals surface area (Å²) >= 11 is 0. The van der Waals surface area contributed by atoms with Crippen LogP contribution in [0.4, 0.5) is 24.7 Å². The SMILES string of the molecule is FCCOc1cccc2nc(-c3c(F)cncc3F)c(Nc3ccc4c(c3)OCCO4)n12. The molecule has 0 bridgehead atoms. The van der Waals surface area contributed by atoms with E-state index < -0.39 is 18.3 Å². The van der Waals surface area contributed by atoms with Crippen molar-refractivity contribution in [1.29, 1.82) is 0 Å². The first-order valence-corrected chi connectivity index (χ1v) is 9.82. The van der Waals surface area contributed by atoms with Crippen molar-refractivity contribution in [3.05, 3.63) is 60.4 Å². The van der Waals surface area contributed by atoms with Gasteiger partial charge in [0.2, 0.25) is 5.88 Å². The average Bonchev–Trinajstić information content (AvgIpc) is 3.16. The summed E-state index contributed by atoms with van der Waals surface area (Å²) in [6.45, 7) is -0.0242. The Kier molecular flexibility index (Phi) is 5.18. The van der Waals surface area contributed by atoms with Gasteiger partial charge in [-0.15, -0.1) is 0 Å². The number of rotatable bonds is 6. The first-order chi connectivity index (χ1) is 15.7. The molecule has 3 aromatic heterocycles. The number of benzene rings is 1. The van der Waals surface area contributed by atoms with Gasteiger partial charge in [0.15, 0.2) is 23.1 Å². The number of hydrogen-bond acceptors (Lipinski definition) is 6. The summed E-state index contributed by atoms with van der Waals surface area (Å²) < 4.78 is 60.2. The van der Waals surface area contributed by atoms with Crippen LogP contribution < -0.4 is 19.5 Å². The quantitative estimate of drug-likeness (QED) is 0.473. The standard InChI is InChI=1S/C22H17F3N4O3/c23-6-7-32-19-3-1-2-18-28-21(20-14(24)11-26-12-15(20)25)22(29(18)19)27-13-4-5-16-17(10-13)31-9-8-30-16/h1-5,10-12,27H,6-9H2. The van der Waals surface area contributed by atoms with E-state index in [1.807, 2.05) is 0 Å². The normalized spacial score (nSPS) is 12.7. The Labute approximate surface area is 180 Å².